The van der Waals surface area contributed by atoms with E-state index in [1.807, 2.05) is 0 Å². The maximum atomic E-state index is 2.37. The quantitative estimate of drug-likeness (QED) is 0.771. The minimum absolute atomic E-state index is 0.119. The van der Waals surface area contributed by atoms with Crippen LogP contribution in [-0.2, 0) is 0 Å². The van der Waals surface area contributed by atoms with E-state index in [-0.39, 0.29) is 20.9 Å². The molecular weight excluding hydrogens is 262 g/mol. The van der Waals surface area contributed by atoms with Crippen LogP contribution in [0.5, 0.6) is 0 Å². The van der Waals surface area contributed by atoms with Crippen molar-refractivity contribution in [3.05, 3.63) is 35.9 Å². The maximum absolute atomic E-state index is 2.37. The minimum atomic E-state index is 0.119. The van der Waals surface area contributed by atoms with Gasteiger partial charge in [-0.2, -0.15) is 0 Å². The van der Waals surface area contributed by atoms with Gasteiger partial charge in [0.15, 0.2) is 0 Å². The Bertz CT molecular complexity index is 221. The van der Waals surface area contributed by atoms with Crippen molar-refractivity contribution in [2.45, 2.75) is 9.06 Å². The predicted molar refractivity (Wildman–Crippen MR) is 53.6 cm³/mol. The van der Waals surface area contributed by atoms with Gasteiger partial charge in [-0.1, -0.05) is 0 Å². The van der Waals surface area contributed by atoms with E-state index in [0.29, 0.717) is 0 Å². The zero-order valence-corrected chi connectivity index (χ0v) is 10.2. The Morgan fingerprint density at radius 2 is 1.75 bits per heavy atom. The molecule has 0 saturated carbocycles. The molecule has 1 aromatic carbocycles. The van der Waals surface area contributed by atoms with Gasteiger partial charge in [0, 0.05) is 0 Å². The van der Waals surface area contributed by atoms with Crippen molar-refractivity contribution in [3.63, 3.8) is 0 Å². The molecule has 0 radical (unpaired) electrons. The molecule has 0 fully saturated rings. The Morgan fingerprint density at radius 1 is 1.17 bits per heavy atom. The van der Waals surface area contributed by atoms with Crippen LogP contribution in [0.1, 0.15) is 9.65 Å². The van der Waals surface area contributed by atoms with Crippen LogP contribution in [0, 0.1) is 0 Å². The summed E-state index contributed by atoms with van der Waals surface area (Å²) in [7, 11) is 4.48. The molecule has 2 heteroatoms. The Balaban J connectivity index is 2.80. The van der Waals surface area contributed by atoms with E-state index in [1.54, 1.807) is 4.90 Å². The summed E-state index contributed by atoms with van der Waals surface area (Å²) in [6.45, 7) is 0. The average molecular weight is 278 g/mol. The fraction of sp³-hybridized carbons (Fsp3) is 0.400. The first kappa shape index (κ1) is 10.1. The van der Waals surface area contributed by atoms with Crippen LogP contribution in [0.15, 0.2) is 30.3 Å². The van der Waals surface area contributed by atoms with Crippen LogP contribution in [0.25, 0.3) is 0 Å². The van der Waals surface area contributed by atoms with Crippen LogP contribution in [-0.4, -0.2) is 35.0 Å². The number of benzene rings is 1. The monoisotopic (exact) mass is 280 g/mol. The number of quaternary nitrogens is 1. The number of hydrogen-bond donors (Lipinski definition) is 1. The molecule has 1 nitrogen and oxygen atoms in total. The van der Waals surface area contributed by atoms with E-state index in [0.717, 1.165) is 4.09 Å². The molecule has 0 spiro atoms. The van der Waals surface area contributed by atoms with Crippen molar-refractivity contribution in [1.29, 1.82) is 0 Å². The molecule has 0 saturated heterocycles. The Kier molecular flexibility index (Phi) is 4.08. The third-order valence-electron chi connectivity index (χ3n) is 1.86. The number of rotatable bonds is 3. The first-order chi connectivity index (χ1) is 5.75. The standard InChI is InChI=1S/C10H15NTe/c1-11(2)10(12-3)9-7-5-4-6-8-9/h4-8,10H,1-3H3/p+1. The van der Waals surface area contributed by atoms with Crippen LogP contribution >= 0.6 is 0 Å². The molecule has 0 aliphatic heterocycles. The second-order valence-electron chi connectivity index (χ2n) is 3.10. The van der Waals surface area contributed by atoms with Crippen molar-refractivity contribution in [1.82, 2.24) is 0 Å². The van der Waals surface area contributed by atoms with E-state index < -0.39 is 0 Å². The van der Waals surface area contributed by atoms with Crippen molar-refractivity contribution >= 4 is 20.9 Å². The normalized spacial score (nSPS) is 13.3. The van der Waals surface area contributed by atoms with E-state index in [2.05, 4.69) is 49.4 Å². The molecule has 66 valence electrons. The molecule has 1 rings (SSSR count). The van der Waals surface area contributed by atoms with Gasteiger partial charge in [-0.25, -0.2) is 0 Å². The summed E-state index contributed by atoms with van der Waals surface area (Å²) >= 11 is 0.119. The average Bonchev–Trinajstić information content (AvgIpc) is 2.07. The molecule has 0 amide bonds. The first-order valence-electron chi connectivity index (χ1n) is 4.13. The van der Waals surface area contributed by atoms with Crippen molar-refractivity contribution in [2.24, 2.45) is 0 Å². The van der Waals surface area contributed by atoms with Gasteiger partial charge in [-0.05, 0) is 0 Å². The third kappa shape index (κ3) is 2.48. The second kappa shape index (κ2) is 4.87. The van der Waals surface area contributed by atoms with Gasteiger partial charge >= 0.3 is 84.9 Å². The van der Waals surface area contributed by atoms with E-state index in [9.17, 15) is 0 Å². The summed E-state index contributed by atoms with van der Waals surface area (Å²) in [4.78, 5) is 3.93. The zero-order valence-electron chi connectivity index (χ0n) is 7.87. The third-order valence-corrected chi connectivity index (χ3v) is 5.33. The SMILES string of the molecule is C[Te]C(c1ccccc1)[NH+](C)C. The topological polar surface area (TPSA) is 4.44 Å². The summed E-state index contributed by atoms with van der Waals surface area (Å²) in [6, 6.07) is 10.8. The molecule has 1 aromatic rings. The van der Waals surface area contributed by atoms with Crippen LogP contribution in [0.3, 0.4) is 0 Å². The first-order valence-corrected chi connectivity index (χ1v) is 7.81. The number of nitrogens with one attached hydrogen (secondary N) is 1. The van der Waals surface area contributed by atoms with Gasteiger partial charge in [0.25, 0.3) is 0 Å². The summed E-state index contributed by atoms with van der Waals surface area (Å²) in [5, 5.41) is 0. The van der Waals surface area contributed by atoms with Crippen molar-refractivity contribution in [2.75, 3.05) is 14.1 Å². The molecule has 0 aromatic heterocycles. The van der Waals surface area contributed by atoms with Gasteiger partial charge < -0.3 is 0 Å². The van der Waals surface area contributed by atoms with Crippen LogP contribution in [0.2, 0.25) is 4.97 Å². The van der Waals surface area contributed by atoms with Crippen molar-refractivity contribution in [3.8, 4) is 0 Å². The summed E-state index contributed by atoms with van der Waals surface area (Å²) in [5.74, 6) is 0. The predicted octanol–water partition coefficient (Wildman–Crippen LogP) is 0.582. The van der Waals surface area contributed by atoms with Crippen molar-refractivity contribution < 1.29 is 4.90 Å². The fourth-order valence-corrected chi connectivity index (χ4v) is 3.90. The van der Waals surface area contributed by atoms with E-state index in [4.69, 9.17) is 0 Å². The van der Waals surface area contributed by atoms with Gasteiger partial charge in [0.2, 0.25) is 0 Å². The number of hydrogen-bond acceptors (Lipinski definition) is 0. The molecule has 0 aliphatic carbocycles. The molecule has 1 unspecified atom stereocenters. The summed E-state index contributed by atoms with van der Waals surface area (Å²) in [6.07, 6.45) is 0. The zero-order chi connectivity index (χ0) is 8.97. The molecule has 12 heavy (non-hydrogen) atoms. The Morgan fingerprint density at radius 3 is 2.17 bits per heavy atom. The summed E-state index contributed by atoms with van der Waals surface area (Å²) < 4.78 is 0.775. The fourth-order valence-electron chi connectivity index (χ4n) is 1.33. The van der Waals surface area contributed by atoms with E-state index >= 15 is 0 Å². The molecule has 0 aliphatic rings. The summed E-state index contributed by atoms with van der Waals surface area (Å²) in [5.41, 5.74) is 1.50. The van der Waals surface area contributed by atoms with E-state index in [1.165, 1.54) is 5.56 Å². The van der Waals surface area contributed by atoms with Gasteiger partial charge in [0.05, 0.1) is 0 Å². The van der Waals surface area contributed by atoms with Crippen LogP contribution in [0.4, 0.5) is 0 Å². The van der Waals surface area contributed by atoms with Gasteiger partial charge in [-0.3, -0.25) is 0 Å². The van der Waals surface area contributed by atoms with Gasteiger partial charge in [0.1, 0.15) is 0 Å². The Labute approximate surface area is 84.9 Å². The second-order valence-corrected chi connectivity index (χ2v) is 5.79. The molecule has 0 bridgehead atoms. The molecule has 1 atom stereocenters. The van der Waals surface area contributed by atoms with Gasteiger partial charge in [-0.15, -0.1) is 0 Å². The molecular formula is C10H16NTe+. The Hall–Kier alpha value is -0.0304. The molecule has 0 heterocycles. The van der Waals surface area contributed by atoms with Crippen LogP contribution < -0.4 is 4.90 Å². The molecule has 1 N–H and O–H groups in total.